The standard InChI is InChI=1S/C5H5F7/c1-4(9,10)5(11,12)2(6)3(7)8/h2-3H,1H3. The van der Waals surface area contributed by atoms with Crippen LogP contribution in [-0.4, -0.2) is 24.4 Å². The molecule has 0 fully saturated rings. The Kier molecular flexibility index (Phi) is 2.97. The molecule has 0 nitrogen and oxygen atoms in total. The molecule has 0 spiro atoms. The largest absolute Gasteiger partial charge is 0.345 e. The lowest BCUT2D eigenvalue weighted by Gasteiger charge is -2.25. The van der Waals surface area contributed by atoms with Gasteiger partial charge in [0, 0.05) is 6.92 Å². The number of hydrogen-bond acceptors (Lipinski definition) is 0. The van der Waals surface area contributed by atoms with Gasteiger partial charge in [0.25, 0.3) is 6.43 Å². The molecule has 0 saturated heterocycles. The van der Waals surface area contributed by atoms with Gasteiger partial charge in [-0.3, -0.25) is 0 Å². The number of alkyl halides is 7. The summed E-state index contributed by atoms with van der Waals surface area (Å²) in [6.07, 6.45) is -8.26. The number of rotatable bonds is 3. The molecule has 12 heavy (non-hydrogen) atoms. The first-order chi connectivity index (χ1) is 5.10. The second-order valence-electron chi connectivity index (χ2n) is 2.25. The average molecular weight is 198 g/mol. The van der Waals surface area contributed by atoms with Gasteiger partial charge in [0.15, 0.2) is 0 Å². The van der Waals surface area contributed by atoms with Crippen molar-refractivity contribution in [1.29, 1.82) is 0 Å². The van der Waals surface area contributed by atoms with E-state index >= 15 is 0 Å². The van der Waals surface area contributed by atoms with Crippen molar-refractivity contribution >= 4 is 0 Å². The third-order valence-electron chi connectivity index (χ3n) is 1.15. The third kappa shape index (κ3) is 2.01. The Morgan fingerprint density at radius 3 is 1.33 bits per heavy atom. The molecule has 0 aromatic carbocycles. The third-order valence-corrected chi connectivity index (χ3v) is 1.15. The highest BCUT2D eigenvalue weighted by Crippen LogP contribution is 2.39. The molecule has 1 unspecified atom stereocenters. The molecule has 0 aliphatic heterocycles. The molecule has 0 aliphatic carbocycles. The summed E-state index contributed by atoms with van der Waals surface area (Å²) >= 11 is 0. The van der Waals surface area contributed by atoms with Crippen LogP contribution in [0.3, 0.4) is 0 Å². The minimum absolute atomic E-state index is 0.317. The molecule has 0 aromatic rings. The van der Waals surface area contributed by atoms with Crippen molar-refractivity contribution in [1.82, 2.24) is 0 Å². The predicted molar refractivity (Wildman–Crippen MR) is 26.5 cm³/mol. The summed E-state index contributed by atoms with van der Waals surface area (Å²) in [6, 6.07) is 0. The molecule has 0 rings (SSSR count). The number of halogens is 7. The normalized spacial score (nSPS) is 16.8. The highest BCUT2D eigenvalue weighted by atomic mass is 19.3. The fraction of sp³-hybridized carbons (Fsp3) is 1.00. The molecule has 0 heterocycles. The van der Waals surface area contributed by atoms with Crippen LogP contribution in [0, 0.1) is 0 Å². The van der Waals surface area contributed by atoms with E-state index in [1.54, 1.807) is 0 Å². The summed E-state index contributed by atoms with van der Waals surface area (Å²) in [5.41, 5.74) is 0. The highest BCUT2D eigenvalue weighted by molar-refractivity contribution is 4.89. The summed E-state index contributed by atoms with van der Waals surface area (Å²) in [6.45, 7) is -0.317. The van der Waals surface area contributed by atoms with Gasteiger partial charge in [0.2, 0.25) is 6.17 Å². The van der Waals surface area contributed by atoms with E-state index in [0.717, 1.165) is 0 Å². The van der Waals surface area contributed by atoms with Crippen LogP contribution in [0.5, 0.6) is 0 Å². The van der Waals surface area contributed by atoms with Crippen LogP contribution < -0.4 is 0 Å². The number of hydrogen-bond donors (Lipinski definition) is 0. The fourth-order valence-electron chi connectivity index (χ4n) is 0.400. The van der Waals surface area contributed by atoms with Gasteiger partial charge in [-0.1, -0.05) is 0 Å². The van der Waals surface area contributed by atoms with Crippen molar-refractivity contribution in [3.05, 3.63) is 0 Å². The second kappa shape index (κ2) is 3.10. The lowest BCUT2D eigenvalue weighted by atomic mass is 10.1. The van der Waals surface area contributed by atoms with Crippen molar-refractivity contribution in [2.24, 2.45) is 0 Å². The van der Waals surface area contributed by atoms with Crippen LogP contribution >= 0.6 is 0 Å². The minimum Gasteiger partial charge on any atom is -0.234 e. The van der Waals surface area contributed by atoms with E-state index in [9.17, 15) is 30.7 Å². The van der Waals surface area contributed by atoms with Gasteiger partial charge in [-0.05, 0) is 0 Å². The first-order valence-corrected chi connectivity index (χ1v) is 2.78. The molecule has 0 saturated carbocycles. The highest BCUT2D eigenvalue weighted by Gasteiger charge is 2.61. The maximum Gasteiger partial charge on any atom is 0.345 e. The second-order valence-corrected chi connectivity index (χ2v) is 2.25. The predicted octanol–water partition coefficient (Wildman–Crippen LogP) is 2.88. The lowest BCUT2D eigenvalue weighted by Crippen LogP contribution is -2.48. The molecule has 0 bridgehead atoms. The molecule has 0 amide bonds. The molecule has 0 aliphatic rings. The Bertz CT molecular complexity index is 146. The molecule has 74 valence electrons. The summed E-state index contributed by atoms with van der Waals surface area (Å²) in [7, 11) is 0. The maximum absolute atomic E-state index is 12.0. The van der Waals surface area contributed by atoms with Crippen LogP contribution in [-0.2, 0) is 0 Å². The quantitative estimate of drug-likeness (QED) is 0.611. The Hall–Kier alpha value is -0.490. The van der Waals surface area contributed by atoms with Gasteiger partial charge in [-0.25, -0.2) is 22.0 Å². The minimum atomic E-state index is -5.33. The lowest BCUT2D eigenvalue weighted by molar-refractivity contribution is -0.248. The van der Waals surface area contributed by atoms with Gasteiger partial charge in [-0.15, -0.1) is 0 Å². The van der Waals surface area contributed by atoms with Crippen molar-refractivity contribution in [2.75, 3.05) is 0 Å². The van der Waals surface area contributed by atoms with Gasteiger partial charge in [-0.2, -0.15) is 8.78 Å². The Labute approximate surface area is 63.4 Å². The van der Waals surface area contributed by atoms with Gasteiger partial charge < -0.3 is 0 Å². The fourth-order valence-corrected chi connectivity index (χ4v) is 0.400. The van der Waals surface area contributed by atoms with E-state index in [1.807, 2.05) is 0 Å². The average Bonchev–Trinajstić information content (AvgIpc) is 1.83. The Morgan fingerprint density at radius 2 is 1.25 bits per heavy atom. The Balaban J connectivity index is 4.61. The summed E-state index contributed by atoms with van der Waals surface area (Å²) < 4.78 is 81.9. The molecule has 0 radical (unpaired) electrons. The molecular formula is C5H5F7. The first kappa shape index (κ1) is 11.5. The SMILES string of the molecule is CC(F)(F)C(F)(F)C(F)C(F)F. The molecule has 0 N–H and O–H groups in total. The van der Waals surface area contributed by atoms with E-state index in [2.05, 4.69) is 0 Å². The summed E-state index contributed by atoms with van der Waals surface area (Å²) in [5.74, 6) is -10.1. The van der Waals surface area contributed by atoms with E-state index in [-0.39, 0.29) is 6.92 Å². The van der Waals surface area contributed by atoms with Crippen LogP contribution in [0.1, 0.15) is 6.92 Å². The van der Waals surface area contributed by atoms with Gasteiger partial charge in [0.1, 0.15) is 0 Å². The van der Waals surface area contributed by atoms with Crippen molar-refractivity contribution in [2.45, 2.75) is 31.4 Å². The summed E-state index contributed by atoms with van der Waals surface area (Å²) in [5, 5.41) is 0. The van der Waals surface area contributed by atoms with E-state index < -0.39 is 24.4 Å². The van der Waals surface area contributed by atoms with Gasteiger partial charge in [0.05, 0.1) is 0 Å². The molecular weight excluding hydrogens is 193 g/mol. The zero-order chi connectivity index (χ0) is 10.2. The van der Waals surface area contributed by atoms with E-state index in [4.69, 9.17) is 0 Å². The van der Waals surface area contributed by atoms with Crippen LogP contribution in [0.2, 0.25) is 0 Å². The maximum atomic E-state index is 12.0. The zero-order valence-corrected chi connectivity index (χ0v) is 5.80. The Morgan fingerprint density at radius 1 is 0.917 bits per heavy atom. The topological polar surface area (TPSA) is 0 Å². The molecule has 0 aromatic heterocycles. The molecule has 1 atom stereocenters. The van der Waals surface area contributed by atoms with Crippen molar-refractivity contribution in [3.63, 3.8) is 0 Å². The van der Waals surface area contributed by atoms with Gasteiger partial charge >= 0.3 is 11.8 Å². The smallest absolute Gasteiger partial charge is 0.234 e. The van der Waals surface area contributed by atoms with Crippen LogP contribution in [0.4, 0.5) is 30.7 Å². The summed E-state index contributed by atoms with van der Waals surface area (Å²) in [4.78, 5) is 0. The van der Waals surface area contributed by atoms with Crippen LogP contribution in [0.25, 0.3) is 0 Å². The van der Waals surface area contributed by atoms with Crippen LogP contribution in [0.15, 0.2) is 0 Å². The zero-order valence-electron chi connectivity index (χ0n) is 5.80. The van der Waals surface area contributed by atoms with Crippen molar-refractivity contribution in [3.8, 4) is 0 Å². The van der Waals surface area contributed by atoms with E-state index in [1.165, 1.54) is 0 Å². The van der Waals surface area contributed by atoms with E-state index in [0.29, 0.717) is 0 Å². The first-order valence-electron chi connectivity index (χ1n) is 2.78. The monoisotopic (exact) mass is 198 g/mol. The van der Waals surface area contributed by atoms with Crippen molar-refractivity contribution < 1.29 is 30.7 Å². The molecule has 7 heteroatoms.